The van der Waals surface area contributed by atoms with Crippen molar-refractivity contribution in [1.29, 1.82) is 0 Å². The van der Waals surface area contributed by atoms with Gasteiger partial charge in [0.1, 0.15) is 11.4 Å². The Morgan fingerprint density at radius 3 is 2.71 bits per heavy atom. The number of fused-ring (bicyclic) bond motifs is 1. The number of carbonyl (C=O) groups is 1. The number of aromatic nitrogens is 1. The highest BCUT2D eigenvalue weighted by Gasteiger charge is 2.17. The summed E-state index contributed by atoms with van der Waals surface area (Å²) in [6.07, 6.45) is 1.82. The molecule has 146 valence electrons. The quantitative estimate of drug-likeness (QED) is 0.712. The second-order valence-electron chi connectivity index (χ2n) is 6.92. The van der Waals surface area contributed by atoms with Gasteiger partial charge in [0, 0.05) is 49.3 Å². The second kappa shape index (κ2) is 8.20. The number of pyridine rings is 1. The first-order valence-electron chi connectivity index (χ1n) is 9.52. The Balaban J connectivity index is 1.34. The Labute approximate surface area is 169 Å². The van der Waals surface area contributed by atoms with E-state index in [9.17, 15) is 4.79 Å². The van der Waals surface area contributed by atoms with E-state index in [1.165, 1.54) is 0 Å². The molecule has 28 heavy (non-hydrogen) atoms. The summed E-state index contributed by atoms with van der Waals surface area (Å²) in [5.41, 5.74) is 1.59. The number of hydrogen-bond acceptors (Lipinski definition) is 5. The molecule has 7 heteroatoms. The summed E-state index contributed by atoms with van der Waals surface area (Å²) in [5.74, 6) is 1.00. The molecule has 1 saturated heterocycles. The van der Waals surface area contributed by atoms with Gasteiger partial charge in [0.2, 0.25) is 0 Å². The van der Waals surface area contributed by atoms with Crippen molar-refractivity contribution >= 4 is 34.3 Å². The number of nitrogens with zero attached hydrogens (tertiary/aromatic N) is 3. The van der Waals surface area contributed by atoms with Crippen LogP contribution in [0.1, 0.15) is 23.0 Å². The lowest BCUT2D eigenvalue weighted by atomic mass is 10.2. The molecule has 0 atom stereocenters. The van der Waals surface area contributed by atoms with E-state index in [0.717, 1.165) is 49.5 Å². The topological polar surface area (TPSA) is 61.6 Å². The fraction of sp³-hybridized carbons (Fsp3) is 0.333. The molecule has 0 radical (unpaired) electrons. The number of amides is 1. The SMILES string of the molecule is CCN1CCN(c2ccc(CNC(=O)c3cc4cc(Cl)ccc4o3)cn2)CC1. The Morgan fingerprint density at radius 1 is 1.18 bits per heavy atom. The first-order valence-corrected chi connectivity index (χ1v) is 9.89. The van der Waals surface area contributed by atoms with Crippen molar-refractivity contribution < 1.29 is 9.21 Å². The van der Waals surface area contributed by atoms with Crippen molar-refractivity contribution in [2.45, 2.75) is 13.5 Å². The molecule has 6 nitrogen and oxygen atoms in total. The lowest BCUT2D eigenvalue weighted by Gasteiger charge is -2.34. The van der Waals surface area contributed by atoms with Crippen LogP contribution in [-0.4, -0.2) is 48.5 Å². The van der Waals surface area contributed by atoms with E-state index in [4.69, 9.17) is 16.0 Å². The number of piperazine rings is 1. The van der Waals surface area contributed by atoms with Crippen LogP contribution in [0.15, 0.2) is 47.0 Å². The number of furan rings is 1. The van der Waals surface area contributed by atoms with Crippen LogP contribution in [0.2, 0.25) is 5.02 Å². The molecule has 1 aromatic carbocycles. The maximum absolute atomic E-state index is 12.4. The van der Waals surface area contributed by atoms with Gasteiger partial charge < -0.3 is 19.5 Å². The van der Waals surface area contributed by atoms with E-state index >= 15 is 0 Å². The molecule has 0 spiro atoms. The summed E-state index contributed by atoms with van der Waals surface area (Å²) in [7, 11) is 0. The van der Waals surface area contributed by atoms with Crippen molar-refractivity contribution in [1.82, 2.24) is 15.2 Å². The molecule has 0 unspecified atom stereocenters. The minimum atomic E-state index is -0.257. The monoisotopic (exact) mass is 398 g/mol. The highest BCUT2D eigenvalue weighted by Crippen LogP contribution is 2.23. The molecule has 0 bridgehead atoms. The third-order valence-corrected chi connectivity index (χ3v) is 5.34. The zero-order valence-corrected chi connectivity index (χ0v) is 16.6. The fourth-order valence-corrected chi connectivity index (χ4v) is 3.58. The van der Waals surface area contributed by atoms with Gasteiger partial charge in [-0.3, -0.25) is 4.79 Å². The molecule has 2 aromatic heterocycles. The number of rotatable bonds is 5. The van der Waals surface area contributed by atoms with Crippen LogP contribution in [0.25, 0.3) is 11.0 Å². The summed E-state index contributed by atoms with van der Waals surface area (Å²) in [6, 6.07) is 11.0. The Kier molecular flexibility index (Phi) is 5.50. The van der Waals surface area contributed by atoms with Crippen LogP contribution >= 0.6 is 11.6 Å². The molecule has 0 saturated carbocycles. The molecule has 1 aliphatic heterocycles. The lowest BCUT2D eigenvalue weighted by Crippen LogP contribution is -2.46. The van der Waals surface area contributed by atoms with Crippen LogP contribution in [0, 0.1) is 0 Å². The predicted molar refractivity (Wildman–Crippen MR) is 111 cm³/mol. The van der Waals surface area contributed by atoms with E-state index in [1.54, 1.807) is 24.3 Å². The highest BCUT2D eigenvalue weighted by molar-refractivity contribution is 6.31. The molecular weight excluding hydrogens is 376 g/mol. The third kappa shape index (κ3) is 4.13. The number of anilines is 1. The predicted octanol–water partition coefficient (Wildman–Crippen LogP) is 3.55. The summed E-state index contributed by atoms with van der Waals surface area (Å²) >= 11 is 5.98. The minimum Gasteiger partial charge on any atom is -0.451 e. The Bertz CT molecular complexity index is 962. The number of nitrogens with one attached hydrogen (secondary N) is 1. The molecule has 0 aliphatic carbocycles. The van der Waals surface area contributed by atoms with E-state index in [-0.39, 0.29) is 11.7 Å². The van der Waals surface area contributed by atoms with Gasteiger partial charge >= 0.3 is 0 Å². The van der Waals surface area contributed by atoms with Crippen molar-refractivity contribution in [3.63, 3.8) is 0 Å². The summed E-state index contributed by atoms with van der Waals surface area (Å²) in [6.45, 7) is 7.81. The van der Waals surface area contributed by atoms with E-state index < -0.39 is 0 Å². The standard InChI is InChI=1S/C21H23ClN4O2/c1-2-25-7-9-26(10-8-25)20-6-3-15(13-23-20)14-24-21(27)19-12-16-11-17(22)4-5-18(16)28-19/h3-6,11-13H,2,7-10,14H2,1H3,(H,24,27). The Hall–Kier alpha value is -2.57. The third-order valence-electron chi connectivity index (χ3n) is 5.11. The van der Waals surface area contributed by atoms with Crippen LogP contribution in [0.5, 0.6) is 0 Å². The average Bonchev–Trinajstić information content (AvgIpc) is 3.16. The molecule has 1 fully saturated rings. The van der Waals surface area contributed by atoms with Crippen LogP contribution in [-0.2, 0) is 6.54 Å². The molecule has 1 amide bonds. The number of benzene rings is 1. The summed E-state index contributed by atoms with van der Waals surface area (Å²) in [5, 5.41) is 4.30. The van der Waals surface area contributed by atoms with E-state index in [2.05, 4.69) is 27.0 Å². The number of likely N-dealkylation sites (N-methyl/N-ethyl adjacent to an activating group) is 1. The second-order valence-corrected chi connectivity index (χ2v) is 7.36. The van der Waals surface area contributed by atoms with Crippen LogP contribution in [0.3, 0.4) is 0 Å². The Morgan fingerprint density at radius 2 is 2.00 bits per heavy atom. The van der Waals surface area contributed by atoms with Crippen molar-refractivity contribution in [2.75, 3.05) is 37.6 Å². The van der Waals surface area contributed by atoms with Gasteiger partial charge in [-0.15, -0.1) is 0 Å². The zero-order chi connectivity index (χ0) is 19.5. The van der Waals surface area contributed by atoms with Gasteiger partial charge in [-0.2, -0.15) is 0 Å². The average molecular weight is 399 g/mol. The first kappa shape index (κ1) is 18.8. The van der Waals surface area contributed by atoms with E-state index in [1.807, 2.05) is 18.3 Å². The minimum absolute atomic E-state index is 0.257. The van der Waals surface area contributed by atoms with Gasteiger partial charge in [0.15, 0.2) is 5.76 Å². The molecule has 3 heterocycles. The van der Waals surface area contributed by atoms with Gasteiger partial charge in [-0.25, -0.2) is 4.98 Å². The number of halogens is 1. The van der Waals surface area contributed by atoms with Crippen molar-refractivity contribution in [2.24, 2.45) is 0 Å². The molecule has 4 rings (SSSR count). The molecular formula is C21H23ClN4O2. The smallest absolute Gasteiger partial charge is 0.287 e. The normalized spacial score (nSPS) is 15.1. The summed E-state index contributed by atoms with van der Waals surface area (Å²) in [4.78, 5) is 21.7. The van der Waals surface area contributed by atoms with Crippen LogP contribution < -0.4 is 10.2 Å². The van der Waals surface area contributed by atoms with Gasteiger partial charge in [-0.05, 0) is 42.4 Å². The van der Waals surface area contributed by atoms with Gasteiger partial charge in [0.25, 0.3) is 5.91 Å². The molecule has 3 aromatic rings. The van der Waals surface area contributed by atoms with Gasteiger partial charge in [0.05, 0.1) is 0 Å². The largest absolute Gasteiger partial charge is 0.451 e. The van der Waals surface area contributed by atoms with Gasteiger partial charge in [-0.1, -0.05) is 24.6 Å². The molecule has 1 aliphatic rings. The number of hydrogen-bond donors (Lipinski definition) is 1. The van der Waals surface area contributed by atoms with E-state index in [0.29, 0.717) is 17.2 Å². The van der Waals surface area contributed by atoms with Crippen molar-refractivity contribution in [3.8, 4) is 0 Å². The number of carbonyl (C=O) groups excluding carboxylic acids is 1. The summed E-state index contributed by atoms with van der Waals surface area (Å²) < 4.78 is 5.59. The fourth-order valence-electron chi connectivity index (χ4n) is 3.40. The molecule has 1 N–H and O–H groups in total. The zero-order valence-electron chi connectivity index (χ0n) is 15.8. The highest BCUT2D eigenvalue weighted by atomic mass is 35.5. The lowest BCUT2D eigenvalue weighted by molar-refractivity contribution is 0.0925. The van der Waals surface area contributed by atoms with Crippen LogP contribution in [0.4, 0.5) is 5.82 Å². The maximum atomic E-state index is 12.4. The first-order chi connectivity index (χ1) is 13.6. The van der Waals surface area contributed by atoms with Crippen molar-refractivity contribution in [3.05, 3.63) is 58.9 Å². The maximum Gasteiger partial charge on any atom is 0.287 e.